The normalized spacial score (nSPS) is 15.8. The first-order chi connectivity index (χ1) is 13.6. The Bertz CT molecular complexity index is 834. The molecule has 1 aliphatic heterocycles. The molecule has 7 heteroatoms. The Morgan fingerprint density at radius 2 is 1.89 bits per heavy atom. The molecular weight excluding hydrogens is 376 g/mol. The van der Waals surface area contributed by atoms with Crippen molar-refractivity contribution in [2.45, 2.75) is 24.5 Å². The van der Waals surface area contributed by atoms with Crippen LogP contribution in [0, 0.1) is 0 Å². The van der Waals surface area contributed by atoms with Gasteiger partial charge >= 0.3 is 0 Å². The van der Waals surface area contributed by atoms with E-state index >= 15 is 0 Å². The van der Waals surface area contributed by atoms with Crippen molar-refractivity contribution in [2.24, 2.45) is 0 Å². The van der Waals surface area contributed by atoms with E-state index in [1.54, 1.807) is 32.4 Å². The fourth-order valence-corrected chi connectivity index (χ4v) is 4.13. The number of aryl methyl sites for hydroxylation is 1. The monoisotopic (exact) mass is 400 g/mol. The number of anilines is 2. The van der Waals surface area contributed by atoms with Crippen LogP contribution in [0.3, 0.4) is 0 Å². The van der Waals surface area contributed by atoms with E-state index in [2.05, 4.69) is 10.6 Å². The summed E-state index contributed by atoms with van der Waals surface area (Å²) in [6.45, 7) is 0. The minimum absolute atomic E-state index is 0.00731. The van der Waals surface area contributed by atoms with Gasteiger partial charge in [0.25, 0.3) is 0 Å². The van der Waals surface area contributed by atoms with Crippen molar-refractivity contribution in [3.63, 3.8) is 0 Å². The quantitative estimate of drug-likeness (QED) is 0.741. The fourth-order valence-electron chi connectivity index (χ4n) is 3.05. The number of carbonyl (C=O) groups excluding carboxylic acids is 2. The van der Waals surface area contributed by atoms with Crippen molar-refractivity contribution < 1.29 is 19.1 Å². The van der Waals surface area contributed by atoms with Crippen LogP contribution in [0.1, 0.15) is 18.4 Å². The van der Waals surface area contributed by atoms with Crippen LogP contribution in [0.15, 0.2) is 42.5 Å². The van der Waals surface area contributed by atoms with Crippen molar-refractivity contribution in [3.8, 4) is 11.5 Å². The molecule has 0 bridgehead atoms. The molecule has 1 atom stereocenters. The van der Waals surface area contributed by atoms with E-state index in [0.717, 1.165) is 24.1 Å². The second-order valence-corrected chi connectivity index (χ2v) is 7.75. The Morgan fingerprint density at radius 3 is 2.61 bits per heavy atom. The van der Waals surface area contributed by atoms with E-state index in [9.17, 15) is 9.59 Å². The first kappa shape index (κ1) is 20.1. The Kier molecular flexibility index (Phi) is 6.81. The maximum atomic E-state index is 12.4. The number of hydrogen-bond acceptors (Lipinski definition) is 5. The molecule has 0 spiro atoms. The van der Waals surface area contributed by atoms with Crippen LogP contribution in [-0.2, 0) is 16.0 Å². The number of hydrogen-bond donors (Lipinski definition) is 2. The van der Waals surface area contributed by atoms with Gasteiger partial charge in [-0.1, -0.05) is 18.2 Å². The Balaban J connectivity index is 1.50. The number of ether oxygens (including phenoxy) is 2. The van der Waals surface area contributed by atoms with E-state index in [4.69, 9.17) is 9.47 Å². The molecule has 0 saturated heterocycles. The van der Waals surface area contributed by atoms with Gasteiger partial charge in [0, 0.05) is 41.7 Å². The van der Waals surface area contributed by atoms with Gasteiger partial charge in [-0.25, -0.2) is 0 Å². The molecule has 0 radical (unpaired) electrons. The van der Waals surface area contributed by atoms with Gasteiger partial charge in [-0.3, -0.25) is 9.59 Å². The van der Waals surface area contributed by atoms with Crippen LogP contribution in [0.5, 0.6) is 11.5 Å². The fraction of sp³-hybridized carbons (Fsp3) is 0.333. The van der Waals surface area contributed by atoms with E-state index in [-0.39, 0.29) is 17.1 Å². The third-order valence-corrected chi connectivity index (χ3v) is 5.82. The molecule has 0 saturated carbocycles. The van der Waals surface area contributed by atoms with Crippen molar-refractivity contribution in [1.82, 2.24) is 0 Å². The molecule has 2 aromatic carbocycles. The Hall–Kier alpha value is -2.67. The molecule has 1 aliphatic rings. The molecule has 6 nitrogen and oxygen atoms in total. The van der Waals surface area contributed by atoms with Crippen molar-refractivity contribution >= 4 is 35.0 Å². The predicted molar refractivity (Wildman–Crippen MR) is 112 cm³/mol. The summed E-state index contributed by atoms with van der Waals surface area (Å²) >= 11 is 1.52. The van der Waals surface area contributed by atoms with Gasteiger partial charge in [-0.05, 0) is 24.5 Å². The van der Waals surface area contributed by atoms with Gasteiger partial charge in [0.15, 0.2) is 0 Å². The summed E-state index contributed by atoms with van der Waals surface area (Å²) in [7, 11) is 3.13. The number of methoxy groups -OCH3 is 2. The molecule has 2 amide bonds. The number of amides is 2. The topological polar surface area (TPSA) is 76.7 Å². The van der Waals surface area contributed by atoms with Gasteiger partial charge in [-0.15, -0.1) is 11.8 Å². The summed E-state index contributed by atoms with van der Waals surface area (Å²) in [6, 6.07) is 13.1. The number of thioether (sulfide) groups is 1. The highest BCUT2D eigenvalue weighted by molar-refractivity contribution is 8.00. The molecule has 1 unspecified atom stereocenters. The number of carbonyl (C=O) groups is 2. The van der Waals surface area contributed by atoms with Crippen LogP contribution in [-0.4, -0.2) is 37.0 Å². The summed E-state index contributed by atoms with van der Waals surface area (Å²) in [4.78, 5) is 24.7. The molecule has 0 aliphatic carbocycles. The molecule has 28 heavy (non-hydrogen) atoms. The van der Waals surface area contributed by atoms with Gasteiger partial charge in [0.05, 0.1) is 19.5 Å². The zero-order chi connectivity index (χ0) is 19.9. The zero-order valence-electron chi connectivity index (χ0n) is 16.0. The first-order valence-electron chi connectivity index (χ1n) is 9.12. The smallest absolute Gasteiger partial charge is 0.237 e. The number of para-hydroxylation sites is 1. The SMILES string of the molecule is COc1cc(NC(=O)CCSC2CCc3ccccc3NC2=O)cc(OC)c1. The van der Waals surface area contributed by atoms with Gasteiger partial charge in [0.2, 0.25) is 11.8 Å². The summed E-state index contributed by atoms with van der Waals surface area (Å²) in [5.41, 5.74) is 2.66. The highest BCUT2D eigenvalue weighted by Crippen LogP contribution is 2.28. The molecule has 0 aromatic heterocycles. The largest absolute Gasteiger partial charge is 0.497 e. The lowest BCUT2D eigenvalue weighted by Gasteiger charge is -2.13. The molecule has 148 valence electrons. The van der Waals surface area contributed by atoms with Crippen LogP contribution >= 0.6 is 11.8 Å². The molecule has 1 heterocycles. The molecule has 3 rings (SSSR count). The summed E-state index contributed by atoms with van der Waals surface area (Å²) in [5.74, 6) is 1.69. The predicted octanol–water partition coefficient (Wildman–Crippen LogP) is 3.72. The lowest BCUT2D eigenvalue weighted by molar-refractivity contribution is -0.116. The molecule has 0 fully saturated rings. The second-order valence-electron chi connectivity index (χ2n) is 6.44. The Morgan fingerprint density at radius 1 is 1.18 bits per heavy atom. The Labute approximate surface area is 169 Å². The van der Waals surface area contributed by atoms with E-state index in [0.29, 0.717) is 29.4 Å². The highest BCUT2D eigenvalue weighted by Gasteiger charge is 2.23. The minimum Gasteiger partial charge on any atom is -0.497 e. The third-order valence-electron chi connectivity index (χ3n) is 4.53. The van der Waals surface area contributed by atoms with Crippen LogP contribution in [0.2, 0.25) is 0 Å². The molecule has 2 N–H and O–H groups in total. The summed E-state index contributed by atoms with van der Waals surface area (Å²) in [6.07, 6.45) is 1.94. The lowest BCUT2D eigenvalue weighted by atomic mass is 10.1. The lowest BCUT2D eigenvalue weighted by Crippen LogP contribution is -2.24. The maximum absolute atomic E-state index is 12.4. The van der Waals surface area contributed by atoms with Gasteiger partial charge in [0.1, 0.15) is 11.5 Å². The number of nitrogens with one attached hydrogen (secondary N) is 2. The molecular formula is C21H24N2O4S. The maximum Gasteiger partial charge on any atom is 0.237 e. The van der Waals surface area contributed by atoms with Crippen molar-refractivity contribution in [1.29, 1.82) is 0 Å². The van der Waals surface area contributed by atoms with Crippen molar-refractivity contribution in [2.75, 3.05) is 30.6 Å². The number of benzene rings is 2. The summed E-state index contributed by atoms with van der Waals surface area (Å²) < 4.78 is 10.4. The zero-order valence-corrected chi connectivity index (χ0v) is 16.8. The molecule has 2 aromatic rings. The summed E-state index contributed by atoms with van der Waals surface area (Å²) in [5, 5.41) is 5.69. The van der Waals surface area contributed by atoms with Crippen LogP contribution < -0.4 is 20.1 Å². The van der Waals surface area contributed by atoms with Crippen LogP contribution in [0.4, 0.5) is 11.4 Å². The van der Waals surface area contributed by atoms with Gasteiger partial charge < -0.3 is 20.1 Å². The van der Waals surface area contributed by atoms with Crippen molar-refractivity contribution in [3.05, 3.63) is 48.0 Å². The highest BCUT2D eigenvalue weighted by atomic mass is 32.2. The number of rotatable bonds is 7. The minimum atomic E-state index is -0.155. The standard InChI is InChI=1S/C21H24N2O4S/c1-26-16-11-15(12-17(13-16)27-2)22-20(24)9-10-28-19-8-7-14-5-3-4-6-18(14)23-21(19)25/h3-6,11-13,19H,7-10H2,1-2H3,(H,22,24)(H,23,25). The van der Waals surface area contributed by atoms with Crippen LogP contribution in [0.25, 0.3) is 0 Å². The van der Waals surface area contributed by atoms with E-state index < -0.39 is 0 Å². The number of fused-ring (bicyclic) bond motifs is 1. The first-order valence-corrected chi connectivity index (χ1v) is 10.2. The average Bonchev–Trinajstić information content (AvgIpc) is 2.86. The second kappa shape index (κ2) is 9.50. The van der Waals surface area contributed by atoms with E-state index in [1.165, 1.54) is 11.8 Å². The average molecular weight is 401 g/mol. The third kappa shape index (κ3) is 5.19. The van der Waals surface area contributed by atoms with E-state index in [1.807, 2.05) is 24.3 Å². The van der Waals surface area contributed by atoms with Gasteiger partial charge in [-0.2, -0.15) is 0 Å².